The first kappa shape index (κ1) is 17.0. The molecule has 1 amide bonds. The summed E-state index contributed by atoms with van der Waals surface area (Å²) in [4.78, 5) is 19.0. The number of carbonyl (C=O) groups excluding carboxylic acids is 1. The average molecular weight is 388 g/mol. The molecule has 0 bridgehead atoms. The van der Waals surface area contributed by atoms with Crippen LogP contribution in [0.25, 0.3) is 0 Å². The van der Waals surface area contributed by atoms with Gasteiger partial charge in [-0.15, -0.1) is 0 Å². The Labute approximate surface area is 151 Å². The van der Waals surface area contributed by atoms with Crippen molar-refractivity contribution in [2.45, 2.75) is 26.7 Å². The van der Waals surface area contributed by atoms with Crippen LogP contribution in [-0.2, 0) is 0 Å². The second-order valence-corrected chi connectivity index (χ2v) is 7.37. The van der Waals surface area contributed by atoms with Gasteiger partial charge in [0.1, 0.15) is 5.82 Å². The van der Waals surface area contributed by atoms with Crippen molar-refractivity contribution in [2.75, 3.05) is 18.4 Å². The van der Waals surface area contributed by atoms with E-state index in [-0.39, 0.29) is 5.91 Å². The maximum Gasteiger partial charge on any atom is 0.254 e. The van der Waals surface area contributed by atoms with Crippen LogP contribution in [0.1, 0.15) is 35.7 Å². The largest absolute Gasteiger partial charge is 0.340 e. The Morgan fingerprint density at radius 2 is 2.17 bits per heavy atom. The van der Waals surface area contributed by atoms with Crippen molar-refractivity contribution < 1.29 is 4.79 Å². The quantitative estimate of drug-likeness (QED) is 0.824. The Kier molecular flexibility index (Phi) is 5.19. The van der Waals surface area contributed by atoms with Gasteiger partial charge < -0.3 is 10.2 Å². The summed E-state index contributed by atoms with van der Waals surface area (Å²) in [6, 6.07) is 9.66. The number of rotatable bonds is 3. The lowest BCUT2D eigenvalue weighted by Gasteiger charge is -2.31. The maximum absolute atomic E-state index is 12.7. The van der Waals surface area contributed by atoms with Crippen molar-refractivity contribution in [3.8, 4) is 0 Å². The predicted molar refractivity (Wildman–Crippen MR) is 101 cm³/mol. The molecule has 0 aliphatic carbocycles. The zero-order valence-electron chi connectivity index (χ0n) is 14.1. The molecule has 1 aliphatic heterocycles. The number of piperidine rings is 1. The number of nitrogens with one attached hydrogen (secondary N) is 1. The third-order valence-electron chi connectivity index (χ3n) is 4.38. The van der Waals surface area contributed by atoms with Crippen molar-refractivity contribution in [1.29, 1.82) is 0 Å². The van der Waals surface area contributed by atoms with Gasteiger partial charge in [0.05, 0.1) is 0 Å². The zero-order chi connectivity index (χ0) is 17.1. The Balaban J connectivity index is 1.76. The molecule has 1 fully saturated rings. The Hall–Kier alpha value is -1.88. The smallest absolute Gasteiger partial charge is 0.254 e. The highest BCUT2D eigenvalue weighted by Crippen LogP contribution is 2.23. The summed E-state index contributed by atoms with van der Waals surface area (Å²) >= 11 is 3.50. The van der Waals surface area contributed by atoms with E-state index in [0.717, 1.165) is 35.2 Å². The normalized spacial score (nSPS) is 17.6. The SMILES string of the molecule is Cc1cc(Nc2cc(C(=O)N3CCCC(C)C3)ccn2)ccc1Br. The Morgan fingerprint density at radius 1 is 1.33 bits per heavy atom. The lowest BCUT2D eigenvalue weighted by molar-refractivity contribution is 0.0683. The molecule has 0 spiro atoms. The van der Waals surface area contributed by atoms with Crippen LogP contribution in [0.2, 0.25) is 0 Å². The van der Waals surface area contributed by atoms with Crippen molar-refractivity contribution in [1.82, 2.24) is 9.88 Å². The van der Waals surface area contributed by atoms with E-state index < -0.39 is 0 Å². The highest BCUT2D eigenvalue weighted by Gasteiger charge is 2.22. The fourth-order valence-electron chi connectivity index (χ4n) is 3.06. The van der Waals surface area contributed by atoms with E-state index in [1.165, 1.54) is 6.42 Å². The number of anilines is 2. The second-order valence-electron chi connectivity index (χ2n) is 6.52. The molecule has 3 rings (SSSR count). The number of nitrogens with zero attached hydrogens (tertiary/aromatic N) is 2. The minimum Gasteiger partial charge on any atom is -0.340 e. The summed E-state index contributed by atoms with van der Waals surface area (Å²) in [7, 11) is 0. The molecule has 1 aromatic heterocycles. The van der Waals surface area contributed by atoms with Gasteiger partial charge in [-0.2, -0.15) is 0 Å². The van der Waals surface area contributed by atoms with Gasteiger partial charge in [0.2, 0.25) is 0 Å². The molecule has 1 atom stereocenters. The monoisotopic (exact) mass is 387 g/mol. The third-order valence-corrected chi connectivity index (χ3v) is 5.27. The molecule has 1 saturated heterocycles. The number of aromatic nitrogens is 1. The van der Waals surface area contributed by atoms with Crippen LogP contribution in [0.3, 0.4) is 0 Å². The first-order chi connectivity index (χ1) is 11.5. The maximum atomic E-state index is 12.7. The summed E-state index contributed by atoms with van der Waals surface area (Å²) in [5.74, 6) is 1.36. The van der Waals surface area contributed by atoms with Gasteiger partial charge in [0.15, 0.2) is 0 Å². The van der Waals surface area contributed by atoms with Gasteiger partial charge in [0, 0.05) is 35.0 Å². The first-order valence-corrected chi connectivity index (χ1v) is 9.11. The first-order valence-electron chi connectivity index (χ1n) is 8.31. The van der Waals surface area contributed by atoms with Crippen LogP contribution < -0.4 is 5.32 Å². The highest BCUT2D eigenvalue weighted by molar-refractivity contribution is 9.10. The van der Waals surface area contributed by atoms with Crippen molar-refractivity contribution in [2.24, 2.45) is 5.92 Å². The third kappa shape index (κ3) is 3.96. The number of likely N-dealkylation sites (tertiary alicyclic amines) is 1. The number of aryl methyl sites for hydroxylation is 1. The lowest BCUT2D eigenvalue weighted by Crippen LogP contribution is -2.39. The molecule has 2 heterocycles. The van der Waals surface area contributed by atoms with Crippen molar-refractivity contribution in [3.05, 3.63) is 52.1 Å². The van der Waals surface area contributed by atoms with Gasteiger partial charge in [-0.25, -0.2) is 4.98 Å². The van der Waals surface area contributed by atoms with E-state index in [1.54, 1.807) is 12.3 Å². The van der Waals surface area contributed by atoms with Gasteiger partial charge in [0.25, 0.3) is 5.91 Å². The molecule has 2 aromatic rings. The molecule has 126 valence electrons. The lowest BCUT2D eigenvalue weighted by atomic mass is 9.99. The summed E-state index contributed by atoms with van der Waals surface area (Å²) < 4.78 is 1.07. The fraction of sp³-hybridized carbons (Fsp3) is 0.368. The number of benzene rings is 1. The number of pyridine rings is 1. The molecule has 1 N–H and O–H groups in total. The minimum atomic E-state index is 0.0963. The zero-order valence-corrected chi connectivity index (χ0v) is 15.6. The van der Waals surface area contributed by atoms with E-state index in [4.69, 9.17) is 0 Å². The molecule has 1 aliphatic rings. The van der Waals surface area contributed by atoms with Gasteiger partial charge in [-0.05, 0) is 61.6 Å². The molecule has 24 heavy (non-hydrogen) atoms. The van der Waals surface area contributed by atoms with Crippen LogP contribution in [0.5, 0.6) is 0 Å². The van der Waals surface area contributed by atoms with Gasteiger partial charge in [-0.1, -0.05) is 22.9 Å². The molecular formula is C19H22BrN3O. The Bertz CT molecular complexity index is 747. The highest BCUT2D eigenvalue weighted by atomic mass is 79.9. The van der Waals surface area contributed by atoms with Crippen LogP contribution in [0.4, 0.5) is 11.5 Å². The van der Waals surface area contributed by atoms with Crippen molar-refractivity contribution >= 4 is 33.3 Å². The van der Waals surface area contributed by atoms with E-state index in [2.05, 4.69) is 33.2 Å². The summed E-state index contributed by atoms with van der Waals surface area (Å²) in [5.41, 5.74) is 2.80. The number of halogens is 1. The number of hydrogen-bond donors (Lipinski definition) is 1. The van der Waals surface area contributed by atoms with Crippen LogP contribution in [0.15, 0.2) is 41.0 Å². The summed E-state index contributed by atoms with van der Waals surface area (Å²) in [6.07, 6.45) is 3.98. The van der Waals surface area contributed by atoms with E-state index in [9.17, 15) is 4.79 Å². The standard InChI is InChI=1S/C19H22BrN3O/c1-13-4-3-9-23(12-13)19(24)15-7-8-21-18(11-15)22-16-5-6-17(20)14(2)10-16/h5-8,10-11,13H,3-4,9,12H2,1-2H3,(H,21,22). The molecule has 1 unspecified atom stereocenters. The van der Waals surface area contributed by atoms with E-state index >= 15 is 0 Å². The Morgan fingerprint density at radius 3 is 2.92 bits per heavy atom. The molecular weight excluding hydrogens is 366 g/mol. The van der Waals surface area contributed by atoms with Gasteiger partial charge >= 0.3 is 0 Å². The molecule has 0 saturated carbocycles. The molecule has 0 radical (unpaired) electrons. The van der Waals surface area contributed by atoms with Crippen molar-refractivity contribution in [3.63, 3.8) is 0 Å². The number of carbonyl (C=O) groups is 1. The number of amides is 1. The average Bonchev–Trinajstić information content (AvgIpc) is 2.58. The van der Waals surface area contributed by atoms with E-state index in [0.29, 0.717) is 17.3 Å². The molecule has 1 aromatic carbocycles. The second kappa shape index (κ2) is 7.34. The molecule has 5 heteroatoms. The predicted octanol–water partition coefficient (Wildman–Crippen LogP) is 4.77. The summed E-state index contributed by atoms with van der Waals surface area (Å²) in [6.45, 7) is 5.94. The number of hydrogen-bond acceptors (Lipinski definition) is 3. The van der Waals surface area contributed by atoms with Crippen LogP contribution in [-0.4, -0.2) is 28.9 Å². The molecule has 4 nitrogen and oxygen atoms in total. The van der Waals surface area contributed by atoms with Gasteiger partial charge in [-0.3, -0.25) is 4.79 Å². The van der Waals surface area contributed by atoms with Crippen LogP contribution >= 0.6 is 15.9 Å². The van der Waals surface area contributed by atoms with Crippen LogP contribution in [0, 0.1) is 12.8 Å². The topological polar surface area (TPSA) is 45.2 Å². The summed E-state index contributed by atoms with van der Waals surface area (Å²) in [5, 5.41) is 3.28. The minimum absolute atomic E-state index is 0.0963. The van der Waals surface area contributed by atoms with E-state index in [1.807, 2.05) is 36.1 Å². The fourth-order valence-corrected chi connectivity index (χ4v) is 3.31.